The summed E-state index contributed by atoms with van der Waals surface area (Å²) < 4.78 is 0. The predicted molar refractivity (Wildman–Crippen MR) is 27.0 cm³/mol. The predicted octanol–water partition coefficient (Wildman–Crippen LogP) is -2.71. The lowest BCUT2D eigenvalue weighted by Gasteiger charge is -2.03. The Morgan fingerprint density at radius 3 is 2.00 bits per heavy atom. The molecular weight excluding hydrogens is 138 g/mol. The van der Waals surface area contributed by atoms with Gasteiger partial charge in [-0.15, -0.1) is 0 Å². The Labute approximate surface area is 56.8 Å². The second kappa shape index (κ2) is 3.60. The molecule has 0 amide bonds. The van der Waals surface area contributed by atoms with E-state index in [0.717, 1.165) is 0 Å². The average molecular weight is 143 g/mol. The highest BCUT2D eigenvalue weighted by Crippen LogP contribution is 1.87. The van der Waals surface area contributed by atoms with Crippen molar-refractivity contribution in [1.29, 1.82) is 5.41 Å². The molecule has 0 aromatic carbocycles. The molecule has 0 atom stereocenters. The molecule has 0 heterocycles. The fourth-order valence-electron chi connectivity index (χ4n) is 0.329. The van der Waals surface area contributed by atoms with Crippen LogP contribution in [-0.2, 0) is 9.59 Å². The Kier molecular flexibility index (Phi) is 3.10. The first-order chi connectivity index (χ1) is 4.54. The molecule has 0 rings (SSSR count). The molecule has 0 radical (unpaired) electrons. The van der Waals surface area contributed by atoms with Gasteiger partial charge in [-0.25, -0.2) is 0 Å². The molecule has 5 heteroatoms. The average Bonchev–Trinajstić information content (AvgIpc) is 1.82. The van der Waals surface area contributed by atoms with Crippen LogP contribution in [0.3, 0.4) is 0 Å². The summed E-state index contributed by atoms with van der Waals surface area (Å²) in [6.07, 6.45) is -0.794. The van der Waals surface area contributed by atoms with Crippen LogP contribution in [0.4, 0.5) is 0 Å². The van der Waals surface area contributed by atoms with Gasteiger partial charge in [-0.05, 0) is 12.8 Å². The van der Waals surface area contributed by atoms with Crippen molar-refractivity contribution in [1.82, 2.24) is 0 Å². The summed E-state index contributed by atoms with van der Waals surface area (Å²) in [5.74, 6) is -3.01. The van der Waals surface area contributed by atoms with Crippen molar-refractivity contribution in [2.45, 2.75) is 12.8 Å². The number of carboxylic acid groups (broad SMARTS) is 2. The molecule has 0 aliphatic carbocycles. The van der Waals surface area contributed by atoms with E-state index in [9.17, 15) is 19.8 Å². The summed E-state index contributed by atoms with van der Waals surface area (Å²) in [6, 6.07) is 0. The van der Waals surface area contributed by atoms with Gasteiger partial charge in [0.1, 0.15) is 0 Å². The van der Waals surface area contributed by atoms with E-state index in [-0.39, 0.29) is 6.42 Å². The minimum absolute atomic E-state index is 0.343. The van der Waals surface area contributed by atoms with E-state index in [1.54, 1.807) is 0 Å². The van der Waals surface area contributed by atoms with Crippen molar-refractivity contribution in [3.8, 4) is 0 Å². The molecule has 0 saturated carbocycles. The first kappa shape index (κ1) is 8.61. The molecule has 1 N–H and O–H groups in total. The van der Waals surface area contributed by atoms with E-state index in [4.69, 9.17) is 5.41 Å². The van der Waals surface area contributed by atoms with Gasteiger partial charge in [0.2, 0.25) is 0 Å². The Hall–Kier alpha value is -1.39. The van der Waals surface area contributed by atoms with E-state index in [1.807, 2.05) is 0 Å². The van der Waals surface area contributed by atoms with E-state index in [1.165, 1.54) is 0 Å². The van der Waals surface area contributed by atoms with E-state index in [2.05, 4.69) is 0 Å². The number of carboxylic acids is 2. The van der Waals surface area contributed by atoms with Gasteiger partial charge < -0.3 is 25.2 Å². The maximum Gasteiger partial charge on any atom is 0.0851 e. The first-order valence-electron chi connectivity index (χ1n) is 2.52. The number of aliphatic carboxylic acids is 2. The molecule has 0 spiro atoms. The maximum atomic E-state index is 9.76. The summed E-state index contributed by atoms with van der Waals surface area (Å²) >= 11 is 0. The molecule has 0 unspecified atom stereocenters. The van der Waals surface area contributed by atoms with Crippen LogP contribution in [0.2, 0.25) is 0 Å². The van der Waals surface area contributed by atoms with Crippen molar-refractivity contribution < 1.29 is 19.8 Å². The zero-order valence-electron chi connectivity index (χ0n) is 5.05. The van der Waals surface area contributed by atoms with Gasteiger partial charge >= 0.3 is 0 Å². The summed E-state index contributed by atoms with van der Waals surface area (Å²) in [7, 11) is 0. The van der Waals surface area contributed by atoms with Crippen molar-refractivity contribution in [2.75, 3.05) is 0 Å². The van der Waals surface area contributed by atoms with Crippen LogP contribution in [0.15, 0.2) is 0 Å². The Bertz CT molecular complexity index is 174. The normalized spacial score (nSPS) is 8.80. The fourth-order valence-corrected chi connectivity index (χ4v) is 0.329. The molecule has 0 aromatic heterocycles. The van der Waals surface area contributed by atoms with E-state index in [0.29, 0.717) is 0 Å². The second-order valence-electron chi connectivity index (χ2n) is 1.64. The van der Waals surface area contributed by atoms with Crippen LogP contribution < -0.4 is 10.2 Å². The molecule has 0 aliphatic heterocycles. The maximum absolute atomic E-state index is 9.76. The van der Waals surface area contributed by atoms with Crippen molar-refractivity contribution >= 4 is 17.7 Å². The topological polar surface area (TPSA) is 104 Å². The zero-order chi connectivity index (χ0) is 8.15. The Balaban J connectivity index is 3.60. The highest BCUT2D eigenvalue weighted by atomic mass is 16.4. The third-order valence-electron chi connectivity index (χ3n) is 0.826. The lowest BCUT2D eigenvalue weighted by atomic mass is 10.2. The Morgan fingerprint density at radius 2 is 1.70 bits per heavy atom. The third-order valence-corrected chi connectivity index (χ3v) is 0.826. The van der Waals surface area contributed by atoms with Crippen molar-refractivity contribution in [3.63, 3.8) is 0 Å². The molecule has 10 heavy (non-hydrogen) atoms. The van der Waals surface area contributed by atoms with Crippen LogP contribution in [0, 0.1) is 5.41 Å². The number of nitrogens with one attached hydrogen (secondary N) is 1. The van der Waals surface area contributed by atoms with Gasteiger partial charge in [-0.1, -0.05) is 0 Å². The van der Waals surface area contributed by atoms with Gasteiger partial charge in [0.05, 0.1) is 11.7 Å². The van der Waals surface area contributed by atoms with Crippen LogP contribution >= 0.6 is 0 Å². The molecule has 0 saturated heterocycles. The number of rotatable bonds is 4. The van der Waals surface area contributed by atoms with Gasteiger partial charge in [0.25, 0.3) is 0 Å². The molecule has 5 nitrogen and oxygen atoms in total. The summed E-state index contributed by atoms with van der Waals surface area (Å²) in [5, 5.41) is 26.1. The zero-order valence-corrected chi connectivity index (χ0v) is 5.05. The highest BCUT2D eigenvalue weighted by Gasteiger charge is 1.96. The number of hydrogen-bond acceptors (Lipinski definition) is 5. The number of carbonyl (C=O) groups excluding carboxylic acids is 2. The van der Waals surface area contributed by atoms with E-state index >= 15 is 0 Å². The standard InChI is InChI=1S/C5H7NO4/c6-3(5(9)10)1-2-4(7)8/h6H,1-2H2,(H,7,8)(H,9,10)/p-2. The largest absolute Gasteiger partial charge is 0.550 e. The highest BCUT2D eigenvalue weighted by molar-refractivity contribution is 6.33. The molecular formula is C5H5NO4-2. The number of hydrogen-bond donors (Lipinski definition) is 1. The minimum Gasteiger partial charge on any atom is -0.550 e. The van der Waals surface area contributed by atoms with Gasteiger partial charge in [-0.2, -0.15) is 0 Å². The molecule has 0 aromatic rings. The second-order valence-corrected chi connectivity index (χ2v) is 1.64. The van der Waals surface area contributed by atoms with Crippen molar-refractivity contribution in [3.05, 3.63) is 0 Å². The van der Waals surface area contributed by atoms with E-state index < -0.39 is 24.1 Å². The van der Waals surface area contributed by atoms with Crippen molar-refractivity contribution in [2.24, 2.45) is 0 Å². The molecule has 56 valence electrons. The Morgan fingerprint density at radius 1 is 1.20 bits per heavy atom. The van der Waals surface area contributed by atoms with Gasteiger partial charge in [0.15, 0.2) is 0 Å². The number of carbonyl (C=O) groups is 2. The molecule has 0 aliphatic rings. The lowest BCUT2D eigenvalue weighted by molar-refractivity contribution is -0.305. The van der Waals surface area contributed by atoms with Crippen LogP contribution in [0.25, 0.3) is 0 Å². The summed E-state index contributed by atoms with van der Waals surface area (Å²) in [4.78, 5) is 19.5. The SMILES string of the molecule is N=C(CCC(=O)[O-])C(=O)[O-]. The van der Waals surface area contributed by atoms with Gasteiger partial charge in [0, 0.05) is 5.97 Å². The minimum atomic E-state index is -1.64. The first-order valence-corrected chi connectivity index (χ1v) is 2.52. The van der Waals surface area contributed by atoms with Crippen LogP contribution in [0.5, 0.6) is 0 Å². The van der Waals surface area contributed by atoms with Crippen LogP contribution in [0.1, 0.15) is 12.8 Å². The fraction of sp³-hybridized carbons (Fsp3) is 0.400. The van der Waals surface area contributed by atoms with Crippen LogP contribution in [-0.4, -0.2) is 17.7 Å². The smallest absolute Gasteiger partial charge is 0.0851 e. The quantitative estimate of drug-likeness (QED) is 0.432. The summed E-state index contributed by atoms with van der Waals surface area (Å²) in [5.41, 5.74) is -0.718. The molecule has 0 fully saturated rings. The summed E-state index contributed by atoms with van der Waals surface area (Å²) in [6.45, 7) is 0. The van der Waals surface area contributed by atoms with Gasteiger partial charge in [-0.3, -0.25) is 0 Å². The molecule has 0 bridgehead atoms. The lowest BCUT2D eigenvalue weighted by Crippen LogP contribution is -2.32. The monoisotopic (exact) mass is 143 g/mol. The third kappa shape index (κ3) is 3.59.